The zero-order chi connectivity index (χ0) is 28.6. The van der Waals surface area contributed by atoms with Crippen molar-refractivity contribution in [1.82, 2.24) is 0 Å². The molecule has 4 rings (SSSR count). The highest BCUT2D eigenvalue weighted by atomic mass is 19.4. The predicted molar refractivity (Wildman–Crippen MR) is 134 cm³/mol. The third-order valence-corrected chi connectivity index (χ3v) is 6.60. The van der Waals surface area contributed by atoms with Crippen LogP contribution in [0.4, 0.5) is 32.0 Å². The van der Waals surface area contributed by atoms with E-state index >= 15 is 0 Å². The Labute approximate surface area is 222 Å². The third-order valence-electron chi connectivity index (χ3n) is 6.60. The summed E-state index contributed by atoms with van der Waals surface area (Å²) < 4.78 is 97.7. The molecule has 0 bridgehead atoms. The van der Waals surface area contributed by atoms with Gasteiger partial charge in [-0.2, -0.15) is 26.3 Å². The van der Waals surface area contributed by atoms with Crippen molar-refractivity contribution in [3.63, 3.8) is 0 Å². The number of anilines is 1. The van der Waals surface area contributed by atoms with Crippen LogP contribution in [0.2, 0.25) is 0 Å². The van der Waals surface area contributed by atoms with E-state index < -0.39 is 47.9 Å². The van der Waals surface area contributed by atoms with E-state index in [9.17, 15) is 26.3 Å². The maximum atomic E-state index is 13.3. The van der Waals surface area contributed by atoms with Gasteiger partial charge in [0.05, 0.1) is 17.7 Å². The molecule has 0 saturated heterocycles. The van der Waals surface area contributed by atoms with Gasteiger partial charge in [0.2, 0.25) is 0 Å². The summed E-state index contributed by atoms with van der Waals surface area (Å²) in [6.07, 6.45) is -11.4. The SMILES string of the molecule is COC1c2cc(NCc3ccc(C)cc3)ccc2OC(C)(C)C1OCc1cc(C(F)(F)F)cc(C(F)(F)F)c1. The summed E-state index contributed by atoms with van der Waals surface area (Å²) in [6.45, 7) is 5.52. The van der Waals surface area contributed by atoms with Crippen molar-refractivity contribution in [3.8, 4) is 5.75 Å². The van der Waals surface area contributed by atoms with Gasteiger partial charge in [0, 0.05) is 24.9 Å². The second-order valence-electron chi connectivity index (χ2n) is 10.1. The first kappa shape index (κ1) is 28.8. The number of methoxy groups -OCH3 is 1. The molecular weight excluding hydrogens is 524 g/mol. The normalized spacial score (nSPS) is 18.8. The van der Waals surface area contributed by atoms with Crippen molar-refractivity contribution in [1.29, 1.82) is 0 Å². The lowest BCUT2D eigenvalue weighted by atomic mass is 9.87. The van der Waals surface area contributed by atoms with E-state index in [1.54, 1.807) is 19.9 Å². The molecule has 0 saturated carbocycles. The molecule has 0 spiro atoms. The van der Waals surface area contributed by atoms with E-state index in [0.29, 0.717) is 30.0 Å². The first-order valence-corrected chi connectivity index (χ1v) is 12.2. The van der Waals surface area contributed by atoms with Crippen molar-refractivity contribution in [2.24, 2.45) is 0 Å². The smallest absolute Gasteiger partial charge is 0.416 e. The van der Waals surface area contributed by atoms with Crippen LogP contribution in [-0.2, 0) is 35.0 Å². The zero-order valence-corrected chi connectivity index (χ0v) is 21.8. The molecule has 3 aromatic carbocycles. The molecule has 2 atom stereocenters. The molecule has 39 heavy (non-hydrogen) atoms. The molecule has 0 fully saturated rings. The van der Waals surface area contributed by atoms with Gasteiger partial charge in [0.1, 0.15) is 23.6 Å². The molecule has 1 aliphatic heterocycles. The van der Waals surface area contributed by atoms with Crippen LogP contribution in [0.15, 0.2) is 60.7 Å². The van der Waals surface area contributed by atoms with E-state index in [0.717, 1.165) is 16.8 Å². The zero-order valence-electron chi connectivity index (χ0n) is 21.8. The highest BCUT2D eigenvalue weighted by Crippen LogP contribution is 2.44. The number of rotatable bonds is 7. The van der Waals surface area contributed by atoms with Gasteiger partial charge in [0.15, 0.2) is 0 Å². The molecule has 210 valence electrons. The predicted octanol–water partition coefficient (Wildman–Crippen LogP) is 8.09. The van der Waals surface area contributed by atoms with E-state index in [4.69, 9.17) is 14.2 Å². The van der Waals surface area contributed by atoms with E-state index in [2.05, 4.69) is 5.32 Å². The van der Waals surface area contributed by atoms with Crippen molar-refractivity contribution in [2.45, 2.75) is 64.1 Å². The monoisotopic (exact) mass is 553 g/mol. The van der Waals surface area contributed by atoms with Crippen LogP contribution in [0, 0.1) is 6.92 Å². The minimum atomic E-state index is -4.95. The van der Waals surface area contributed by atoms with Gasteiger partial charge in [-0.3, -0.25) is 0 Å². The first-order valence-electron chi connectivity index (χ1n) is 12.2. The maximum Gasteiger partial charge on any atom is 0.416 e. The molecule has 4 nitrogen and oxygen atoms in total. The summed E-state index contributed by atoms with van der Waals surface area (Å²) in [5.41, 5.74) is -0.385. The van der Waals surface area contributed by atoms with Crippen LogP contribution < -0.4 is 10.1 Å². The highest BCUT2D eigenvalue weighted by Gasteiger charge is 2.45. The summed E-state index contributed by atoms with van der Waals surface area (Å²) in [4.78, 5) is 0. The van der Waals surface area contributed by atoms with E-state index in [1.807, 2.05) is 43.3 Å². The molecule has 1 heterocycles. The number of benzene rings is 3. The van der Waals surface area contributed by atoms with Crippen LogP contribution in [0.5, 0.6) is 5.75 Å². The first-order chi connectivity index (χ1) is 18.2. The van der Waals surface area contributed by atoms with Gasteiger partial charge in [0.25, 0.3) is 0 Å². The Morgan fingerprint density at radius 1 is 0.846 bits per heavy atom. The largest absolute Gasteiger partial charge is 0.485 e. The topological polar surface area (TPSA) is 39.7 Å². The van der Waals surface area contributed by atoms with Gasteiger partial charge >= 0.3 is 12.4 Å². The van der Waals surface area contributed by atoms with Crippen LogP contribution >= 0.6 is 0 Å². The summed E-state index contributed by atoms with van der Waals surface area (Å²) in [6, 6.07) is 15.0. The molecule has 1 N–H and O–H groups in total. The second kappa shape index (κ2) is 10.7. The van der Waals surface area contributed by atoms with Crippen molar-refractivity contribution in [3.05, 3.63) is 94.0 Å². The van der Waals surface area contributed by atoms with E-state index in [1.165, 1.54) is 7.11 Å². The quantitative estimate of drug-likeness (QED) is 0.300. The van der Waals surface area contributed by atoms with Gasteiger partial charge in [-0.25, -0.2) is 0 Å². The Morgan fingerprint density at radius 2 is 1.46 bits per heavy atom. The molecular formula is C29H29F6NO3. The number of hydrogen-bond acceptors (Lipinski definition) is 4. The molecule has 0 aliphatic carbocycles. The lowest BCUT2D eigenvalue weighted by molar-refractivity contribution is -0.159. The fourth-order valence-electron chi connectivity index (χ4n) is 4.58. The number of fused-ring (bicyclic) bond motifs is 1. The Morgan fingerprint density at radius 3 is 2.03 bits per heavy atom. The molecule has 3 aromatic rings. The van der Waals surface area contributed by atoms with Crippen LogP contribution in [0.3, 0.4) is 0 Å². The Bertz CT molecular complexity index is 1270. The van der Waals surface area contributed by atoms with Crippen LogP contribution in [0.25, 0.3) is 0 Å². The van der Waals surface area contributed by atoms with Gasteiger partial charge in [-0.1, -0.05) is 29.8 Å². The molecule has 2 unspecified atom stereocenters. The highest BCUT2D eigenvalue weighted by molar-refractivity contribution is 5.54. The summed E-state index contributed by atoms with van der Waals surface area (Å²) in [5, 5.41) is 3.34. The van der Waals surface area contributed by atoms with Gasteiger partial charge in [-0.15, -0.1) is 0 Å². The maximum absolute atomic E-state index is 13.3. The fourth-order valence-corrected chi connectivity index (χ4v) is 4.58. The summed E-state index contributed by atoms with van der Waals surface area (Å²) in [5.74, 6) is 0.547. The van der Waals surface area contributed by atoms with Crippen LogP contribution in [0.1, 0.15) is 53.3 Å². The standard InChI is InChI=1S/C29H29F6NO3/c1-17-5-7-18(8-6-17)15-36-22-9-10-24-23(14-22)25(37-4)26(27(2,3)39-24)38-16-19-11-20(28(30,31)32)13-21(12-19)29(33,34)35/h5-14,25-26,36H,15-16H2,1-4H3. The van der Waals surface area contributed by atoms with E-state index in [-0.39, 0.29) is 11.6 Å². The van der Waals surface area contributed by atoms with Crippen molar-refractivity contribution in [2.75, 3.05) is 12.4 Å². The Balaban J connectivity index is 1.58. The van der Waals surface area contributed by atoms with Crippen molar-refractivity contribution < 1.29 is 40.6 Å². The fraction of sp³-hybridized carbons (Fsp3) is 0.379. The third kappa shape index (κ3) is 6.67. The number of aryl methyl sites for hydroxylation is 1. The summed E-state index contributed by atoms with van der Waals surface area (Å²) >= 11 is 0. The van der Waals surface area contributed by atoms with Crippen molar-refractivity contribution >= 4 is 5.69 Å². The molecule has 0 amide bonds. The Hall–Kier alpha value is -3.24. The lowest BCUT2D eigenvalue weighted by Crippen LogP contribution is -2.50. The number of hydrogen-bond donors (Lipinski definition) is 1. The number of ether oxygens (including phenoxy) is 3. The van der Waals surface area contributed by atoms with Gasteiger partial charge in [-0.05, 0) is 68.3 Å². The van der Waals surface area contributed by atoms with Gasteiger partial charge < -0.3 is 19.5 Å². The van der Waals surface area contributed by atoms with Crippen LogP contribution in [-0.4, -0.2) is 18.8 Å². The molecule has 1 aliphatic rings. The lowest BCUT2D eigenvalue weighted by Gasteiger charge is -2.44. The Kier molecular flexibility index (Phi) is 7.91. The average molecular weight is 554 g/mol. The molecule has 10 heteroatoms. The number of alkyl halides is 6. The number of halogens is 6. The summed E-state index contributed by atoms with van der Waals surface area (Å²) in [7, 11) is 1.46. The molecule has 0 radical (unpaired) electrons. The number of nitrogens with one attached hydrogen (secondary N) is 1. The minimum absolute atomic E-state index is 0.0937. The minimum Gasteiger partial charge on any atom is -0.485 e. The second-order valence-corrected chi connectivity index (χ2v) is 10.1. The molecule has 0 aromatic heterocycles. The average Bonchev–Trinajstić information content (AvgIpc) is 2.85.